The average molecular weight is 535 g/mol. The Kier molecular flexibility index (Phi) is 7.00. The molecule has 0 saturated heterocycles. The van der Waals surface area contributed by atoms with Crippen LogP contribution in [0.1, 0.15) is 29.2 Å². The largest absolute Gasteiger partial charge is 0.421 e. The number of aromatic nitrogens is 2. The summed E-state index contributed by atoms with van der Waals surface area (Å²) in [6, 6.07) is 10.1. The number of hydrogen-bond acceptors (Lipinski definition) is 7. The molecule has 2 heterocycles. The molecule has 2 aromatic carbocycles. The lowest BCUT2D eigenvalue weighted by atomic mass is 10.1. The highest BCUT2D eigenvalue weighted by molar-refractivity contribution is 7.92. The van der Waals surface area contributed by atoms with E-state index in [1.165, 1.54) is 4.31 Å². The third-order valence-electron chi connectivity index (χ3n) is 5.72. The molecule has 9 nitrogen and oxygen atoms in total. The van der Waals surface area contributed by atoms with Gasteiger partial charge in [0.25, 0.3) is 0 Å². The van der Waals surface area contributed by atoms with Gasteiger partial charge in [-0.15, -0.1) is 0 Å². The molecule has 1 aliphatic rings. The van der Waals surface area contributed by atoms with Crippen molar-refractivity contribution in [3.05, 3.63) is 64.8 Å². The van der Waals surface area contributed by atoms with Crippen molar-refractivity contribution < 1.29 is 26.4 Å². The number of amides is 1. The van der Waals surface area contributed by atoms with E-state index in [1.54, 1.807) is 50.2 Å². The summed E-state index contributed by atoms with van der Waals surface area (Å²) in [6.07, 6.45) is -2.77. The van der Waals surface area contributed by atoms with Gasteiger partial charge in [0.15, 0.2) is 0 Å². The van der Waals surface area contributed by atoms with Gasteiger partial charge in [0.1, 0.15) is 11.4 Å². The SMILES string of the molecule is CCN(c1cc(C)ccc1CNc1nc(Nc2ccc3c(c2)CC(=O)N3)ncc1C(F)(F)F)S(C)(=O)=O. The second kappa shape index (κ2) is 9.88. The van der Waals surface area contributed by atoms with Gasteiger partial charge in [0.05, 0.1) is 18.4 Å². The molecular weight excluding hydrogens is 509 g/mol. The molecule has 0 spiro atoms. The standard InChI is InChI=1S/C24H25F3N6O3S/c1-4-33(37(3,35)36)20-9-14(2)5-6-15(20)12-28-22-18(24(25,26)27)13-29-23(32-22)30-17-7-8-19-16(10-17)11-21(34)31-19/h5-10,13H,4,11-12H2,1-3H3,(H,31,34)(H2,28,29,30,32). The Morgan fingerprint density at radius 2 is 1.92 bits per heavy atom. The van der Waals surface area contributed by atoms with Crippen LogP contribution < -0.4 is 20.3 Å². The number of benzene rings is 2. The van der Waals surface area contributed by atoms with Gasteiger partial charge in [-0.05, 0) is 54.8 Å². The summed E-state index contributed by atoms with van der Waals surface area (Å²) in [4.78, 5) is 19.5. The third-order valence-corrected chi connectivity index (χ3v) is 6.98. The quantitative estimate of drug-likeness (QED) is 0.391. The van der Waals surface area contributed by atoms with Gasteiger partial charge in [-0.2, -0.15) is 18.2 Å². The van der Waals surface area contributed by atoms with Crippen LogP contribution in [0.25, 0.3) is 0 Å². The van der Waals surface area contributed by atoms with Gasteiger partial charge < -0.3 is 16.0 Å². The van der Waals surface area contributed by atoms with Crippen LogP contribution >= 0.6 is 0 Å². The molecule has 196 valence electrons. The Hall–Kier alpha value is -3.87. The van der Waals surface area contributed by atoms with Crippen LogP contribution in [0.15, 0.2) is 42.6 Å². The molecule has 13 heteroatoms. The minimum Gasteiger partial charge on any atom is -0.365 e. The molecular formula is C24H25F3N6O3S. The maximum atomic E-state index is 13.7. The normalized spacial score (nSPS) is 13.2. The fraction of sp³-hybridized carbons (Fsp3) is 0.292. The van der Waals surface area contributed by atoms with Gasteiger partial charge in [-0.3, -0.25) is 9.10 Å². The van der Waals surface area contributed by atoms with Crippen molar-refractivity contribution in [2.75, 3.05) is 33.1 Å². The van der Waals surface area contributed by atoms with Crippen molar-refractivity contribution in [2.24, 2.45) is 0 Å². The van der Waals surface area contributed by atoms with E-state index in [-0.39, 0.29) is 31.4 Å². The molecule has 4 rings (SSSR count). The molecule has 0 radical (unpaired) electrons. The molecule has 1 aliphatic heterocycles. The van der Waals surface area contributed by atoms with E-state index < -0.39 is 27.6 Å². The summed E-state index contributed by atoms with van der Waals surface area (Å²) in [5.74, 6) is -0.683. The van der Waals surface area contributed by atoms with Crippen molar-refractivity contribution in [1.82, 2.24) is 9.97 Å². The predicted octanol–water partition coefficient (Wildman–Crippen LogP) is 4.44. The number of aryl methyl sites for hydroxylation is 1. The van der Waals surface area contributed by atoms with E-state index in [0.29, 0.717) is 28.8 Å². The lowest BCUT2D eigenvalue weighted by Gasteiger charge is -2.24. The minimum absolute atomic E-state index is 0.0804. The Labute approximate surface area is 212 Å². The van der Waals surface area contributed by atoms with E-state index in [0.717, 1.165) is 17.4 Å². The van der Waals surface area contributed by atoms with Crippen LogP contribution in [-0.2, 0) is 34.0 Å². The molecule has 3 aromatic rings. The third kappa shape index (κ3) is 5.93. The van der Waals surface area contributed by atoms with Crippen LogP contribution in [0.4, 0.5) is 42.0 Å². The predicted molar refractivity (Wildman–Crippen MR) is 135 cm³/mol. The zero-order valence-electron chi connectivity index (χ0n) is 20.3. The number of carbonyl (C=O) groups is 1. The second-order valence-corrected chi connectivity index (χ2v) is 10.5. The van der Waals surface area contributed by atoms with Crippen LogP contribution in [0, 0.1) is 6.92 Å². The number of hydrogen-bond donors (Lipinski definition) is 3. The molecule has 0 saturated carbocycles. The van der Waals surface area contributed by atoms with Gasteiger partial charge >= 0.3 is 6.18 Å². The lowest BCUT2D eigenvalue weighted by Crippen LogP contribution is -2.30. The number of carbonyl (C=O) groups excluding carboxylic acids is 1. The summed E-state index contributed by atoms with van der Waals surface area (Å²) in [5, 5.41) is 8.30. The number of nitrogens with zero attached hydrogens (tertiary/aromatic N) is 3. The molecule has 1 aromatic heterocycles. The number of fused-ring (bicyclic) bond motifs is 1. The van der Waals surface area contributed by atoms with Crippen LogP contribution in [0.3, 0.4) is 0 Å². The fourth-order valence-electron chi connectivity index (χ4n) is 4.04. The zero-order chi connectivity index (χ0) is 27.0. The first-order chi connectivity index (χ1) is 17.3. The molecule has 0 fully saturated rings. The first kappa shape index (κ1) is 26.2. The number of rotatable bonds is 8. The highest BCUT2D eigenvalue weighted by Crippen LogP contribution is 2.35. The highest BCUT2D eigenvalue weighted by Gasteiger charge is 2.35. The Balaban J connectivity index is 1.64. The summed E-state index contributed by atoms with van der Waals surface area (Å²) in [6.45, 7) is 3.52. The second-order valence-electron chi connectivity index (χ2n) is 8.59. The molecule has 3 N–H and O–H groups in total. The van der Waals surface area contributed by atoms with E-state index in [9.17, 15) is 26.4 Å². The molecule has 0 unspecified atom stereocenters. The molecule has 0 atom stereocenters. The van der Waals surface area contributed by atoms with Crippen molar-refractivity contribution in [3.8, 4) is 0 Å². The maximum Gasteiger partial charge on any atom is 0.421 e. The number of sulfonamides is 1. The summed E-state index contributed by atoms with van der Waals surface area (Å²) in [7, 11) is -3.61. The van der Waals surface area contributed by atoms with Crippen LogP contribution in [-0.4, -0.2) is 37.1 Å². The first-order valence-corrected chi connectivity index (χ1v) is 13.1. The summed E-state index contributed by atoms with van der Waals surface area (Å²) >= 11 is 0. The average Bonchev–Trinajstić information content (AvgIpc) is 3.16. The fourth-order valence-corrected chi connectivity index (χ4v) is 5.03. The monoisotopic (exact) mass is 534 g/mol. The first-order valence-electron chi connectivity index (χ1n) is 11.3. The van der Waals surface area contributed by atoms with E-state index in [2.05, 4.69) is 25.9 Å². The summed E-state index contributed by atoms with van der Waals surface area (Å²) < 4.78 is 67.0. The van der Waals surface area contributed by atoms with Gasteiger partial charge in [0.2, 0.25) is 21.9 Å². The highest BCUT2D eigenvalue weighted by atomic mass is 32.2. The Morgan fingerprint density at radius 3 is 2.59 bits per heavy atom. The van der Waals surface area contributed by atoms with Gasteiger partial charge in [-0.1, -0.05) is 12.1 Å². The van der Waals surface area contributed by atoms with E-state index in [1.807, 2.05) is 0 Å². The van der Waals surface area contributed by atoms with E-state index in [4.69, 9.17) is 0 Å². The van der Waals surface area contributed by atoms with E-state index >= 15 is 0 Å². The van der Waals surface area contributed by atoms with Gasteiger partial charge in [0, 0.05) is 30.7 Å². The number of anilines is 5. The number of nitrogens with one attached hydrogen (secondary N) is 3. The molecule has 1 amide bonds. The van der Waals surface area contributed by atoms with Crippen molar-refractivity contribution in [2.45, 2.75) is 33.0 Å². The minimum atomic E-state index is -4.72. The Bertz CT molecular complexity index is 1460. The van der Waals surface area contributed by atoms with Crippen molar-refractivity contribution in [1.29, 1.82) is 0 Å². The number of halogens is 3. The molecule has 0 aliphatic carbocycles. The molecule has 0 bridgehead atoms. The topological polar surface area (TPSA) is 116 Å². The smallest absolute Gasteiger partial charge is 0.365 e. The van der Waals surface area contributed by atoms with Crippen molar-refractivity contribution >= 4 is 44.8 Å². The zero-order valence-corrected chi connectivity index (χ0v) is 21.1. The lowest BCUT2D eigenvalue weighted by molar-refractivity contribution is -0.137. The van der Waals surface area contributed by atoms with Crippen molar-refractivity contribution in [3.63, 3.8) is 0 Å². The van der Waals surface area contributed by atoms with Crippen LogP contribution in [0.5, 0.6) is 0 Å². The number of alkyl halides is 3. The summed E-state index contributed by atoms with van der Waals surface area (Å²) in [5.41, 5.74) is 2.53. The van der Waals surface area contributed by atoms with Gasteiger partial charge in [-0.25, -0.2) is 13.4 Å². The maximum absolute atomic E-state index is 13.7. The Morgan fingerprint density at radius 1 is 1.16 bits per heavy atom. The van der Waals surface area contributed by atoms with Crippen LogP contribution in [0.2, 0.25) is 0 Å². The molecule has 37 heavy (non-hydrogen) atoms.